The smallest absolute Gasteiger partial charge is 0.281 e. The lowest BCUT2D eigenvalue weighted by Crippen LogP contribution is -2.22. The third-order valence-corrected chi connectivity index (χ3v) is 4.23. The van der Waals surface area contributed by atoms with Crippen molar-refractivity contribution >= 4 is 27.3 Å². The van der Waals surface area contributed by atoms with Crippen LogP contribution in [0.5, 0.6) is 5.88 Å². The van der Waals surface area contributed by atoms with Gasteiger partial charge in [0.2, 0.25) is 5.88 Å². The highest BCUT2D eigenvalue weighted by atomic mass is 79.9. The molecule has 8 heteroatoms. The molecule has 2 aromatic heterocycles. The lowest BCUT2D eigenvalue weighted by Gasteiger charge is -2.11. The molecule has 0 spiro atoms. The van der Waals surface area contributed by atoms with Gasteiger partial charge in [-0.05, 0) is 37.3 Å². The standard InChI is InChI=1S/C18H13BrN4O3/c1-11-15(9-20)17(24)23(10-14-6-3-7-26-14)18(25)16(11)22-21-13-5-2-4-12(19)8-13/h2-8,24H,10H2,1H3. The van der Waals surface area contributed by atoms with Crippen LogP contribution in [0.25, 0.3) is 0 Å². The van der Waals surface area contributed by atoms with Crippen molar-refractivity contribution in [2.75, 3.05) is 0 Å². The Morgan fingerprint density at radius 2 is 2.12 bits per heavy atom. The van der Waals surface area contributed by atoms with E-state index in [-0.39, 0.29) is 23.4 Å². The fourth-order valence-corrected chi connectivity index (χ4v) is 2.80. The first-order chi connectivity index (χ1) is 12.5. The summed E-state index contributed by atoms with van der Waals surface area (Å²) in [7, 11) is 0. The summed E-state index contributed by atoms with van der Waals surface area (Å²) in [5.41, 5.74) is 0.214. The van der Waals surface area contributed by atoms with E-state index in [0.717, 1.165) is 9.04 Å². The minimum atomic E-state index is -0.561. The van der Waals surface area contributed by atoms with E-state index in [1.54, 1.807) is 37.3 Å². The summed E-state index contributed by atoms with van der Waals surface area (Å²) in [6.07, 6.45) is 1.46. The van der Waals surface area contributed by atoms with E-state index in [0.29, 0.717) is 11.4 Å². The number of hydrogen-bond donors (Lipinski definition) is 1. The Bertz CT molecular complexity index is 1080. The Morgan fingerprint density at radius 3 is 2.77 bits per heavy atom. The lowest BCUT2D eigenvalue weighted by atomic mass is 10.1. The van der Waals surface area contributed by atoms with E-state index >= 15 is 0 Å². The lowest BCUT2D eigenvalue weighted by molar-refractivity contribution is 0.397. The van der Waals surface area contributed by atoms with Gasteiger partial charge in [0.1, 0.15) is 17.4 Å². The molecular formula is C18H13BrN4O3. The van der Waals surface area contributed by atoms with E-state index in [4.69, 9.17) is 4.42 Å². The molecule has 2 heterocycles. The predicted octanol–water partition coefficient (Wildman–Crippen LogP) is 4.55. The minimum Gasteiger partial charge on any atom is -0.493 e. The van der Waals surface area contributed by atoms with E-state index in [2.05, 4.69) is 26.2 Å². The molecule has 0 bridgehead atoms. The first-order valence-electron chi connectivity index (χ1n) is 7.57. The summed E-state index contributed by atoms with van der Waals surface area (Å²) in [6, 6.07) is 12.4. The number of pyridine rings is 1. The highest BCUT2D eigenvalue weighted by molar-refractivity contribution is 9.10. The van der Waals surface area contributed by atoms with Crippen LogP contribution in [0, 0.1) is 18.3 Å². The van der Waals surface area contributed by atoms with Gasteiger partial charge in [-0.15, -0.1) is 5.11 Å². The van der Waals surface area contributed by atoms with Crippen molar-refractivity contribution in [3.05, 3.63) is 74.4 Å². The van der Waals surface area contributed by atoms with Gasteiger partial charge >= 0.3 is 0 Å². The molecule has 3 aromatic rings. The topological polar surface area (TPSA) is 104 Å². The van der Waals surface area contributed by atoms with Crippen LogP contribution >= 0.6 is 15.9 Å². The van der Waals surface area contributed by atoms with Gasteiger partial charge in [0.15, 0.2) is 5.69 Å². The average Bonchev–Trinajstić information content (AvgIpc) is 3.12. The van der Waals surface area contributed by atoms with E-state index in [1.807, 2.05) is 12.1 Å². The zero-order valence-electron chi connectivity index (χ0n) is 13.7. The van der Waals surface area contributed by atoms with E-state index in [1.165, 1.54) is 6.26 Å². The number of halogens is 1. The first-order valence-corrected chi connectivity index (χ1v) is 8.36. The number of azo groups is 1. The zero-order valence-corrected chi connectivity index (χ0v) is 15.3. The number of aromatic hydroxyl groups is 1. The van der Waals surface area contributed by atoms with Crippen LogP contribution in [0.4, 0.5) is 11.4 Å². The fraction of sp³-hybridized carbons (Fsp3) is 0.111. The molecule has 0 aliphatic carbocycles. The highest BCUT2D eigenvalue weighted by Gasteiger charge is 2.19. The van der Waals surface area contributed by atoms with Gasteiger partial charge in [0, 0.05) is 10.0 Å². The molecule has 0 radical (unpaired) electrons. The maximum absolute atomic E-state index is 12.8. The second-order valence-electron chi connectivity index (χ2n) is 5.43. The van der Waals surface area contributed by atoms with Crippen LogP contribution in [0.15, 0.2) is 66.6 Å². The van der Waals surface area contributed by atoms with Crippen LogP contribution < -0.4 is 5.56 Å². The van der Waals surface area contributed by atoms with Gasteiger partial charge < -0.3 is 9.52 Å². The maximum atomic E-state index is 12.8. The number of rotatable bonds is 4. The number of furan rings is 1. The molecule has 130 valence electrons. The molecule has 0 atom stereocenters. The second-order valence-corrected chi connectivity index (χ2v) is 6.35. The van der Waals surface area contributed by atoms with Crippen LogP contribution in [0.3, 0.4) is 0 Å². The zero-order chi connectivity index (χ0) is 18.7. The van der Waals surface area contributed by atoms with Crippen LogP contribution in [-0.2, 0) is 6.54 Å². The monoisotopic (exact) mass is 412 g/mol. The largest absolute Gasteiger partial charge is 0.493 e. The Hall–Kier alpha value is -3.18. The number of nitrogens with zero attached hydrogens (tertiary/aromatic N) is 4. The quantitative estimate of drug-likeness (QED) is 0.634. The van der Waals surface area contributed by atoms with Crippen molar-refractivity contribution in [3.63, 3.8) is 0 Å². The summed E-state index contributed by atoms with van der Waals surface area (Å²) in [4.78, 5) is 12.8. The summed E-state index contributed by atoms with van der Waals surface area (Å²) >= 11 is 3.34. The average molecular weight is 413 g/mol. The van der Waals surface area contributed by atoms with Crippen LogP contribution in [-0.4, -0.2) is 9.67 Å². The summed E-state index contributed by atoms with van der Waals surface area (Å²) in [5.74, 6) is 0.0397. The molecule has 1 N–H and O–H groups in total. The maximum Gasteiger partial charge on any atom is 0.281 e. The van der Waals surface area contributed by atoms with Crippen molar-refractivity contribution < 1.29 is 9.52 Å². The van der Waals surface area contributed by atoms with Crippen LogP contribution in [0.2, 0.25) is 0 Å². The Labute approximate surface area is 157 Å². The van der Waals surface area contributed by atoms with Crippen molar-refractivity contribution in [2.24, 2.45) is 10.2 Å². The molecule has 0 amide bonds. The molecule has 0 aliphatic heterocycles. The van der Waals surface area contributed by atoms with Gasteiger partial charge in [-0.2, -0.15) is 10.4 Å². The van der Waals surface area contributed by atoms with Gasteiger partial charge in [-0.25, -0.2) is 0 Å². The van der Waals surface area contributed by atoms with Crippen molar-refractivity contribution in [3.8, 4) is 11.9 Å². The normalized spacial score (nSPS) is 11.0. The molecule has 0 saturated heterocycles. The van der Waals surface area contributed by atoms with Crippen molar-refractivity contribution in [1.82, 2.24) is 4.57 Å². The summed E-state index contributed by atoms with van der Waals surface area (Å²) in [5, 5.41) is 27.8. The minimum absolute atomic E-state index is 0.00844. The number of nitriles is 1. The van der Waals surface area contributed by atoms with Gasteiger partial charge in [-0.1, -0.05) is 22.0 Å². The highest BCUT2D eigenvalue weighted by Crippen LogP contribution is 2.28. The molecule has 0 unspecified atom stereocenters. The first kappa shape index (κ1) is 17.6. The third-order valence-electron chi connectivity index (χ3n) is 3.74. The molecule has 0 aliphatic rings. The van der Waals surface area contributed by atoms with Gasteiger partial charge in [-0.3, -0.25) is 9.36 Å². The number of aromatic nitrogens is 1. The Balaban J connectivity index is 2.12. The molecule has 1 aromatic carbocycles. The second kappa shape index (κ2) is 7.37. The molecular weight excluding hydrogens is 400 g/mol. The SMILES string of the molecule is Cc1c(C#N)c(O)n(Cc2ccco2)c(=O)c1N=Nc1cccc(Br)c1. The van der Waals surface area contributed by atoms with Crippen molar-refractivity contribution in [2.45, 2.75) is 13.5 Å². The molecule has 0 fully saturated rings. The van der Waals surface area contributed by atoms with Crippen LogP contribution in [0.1, 0.15) is 16.9 Å². The van der Waals surface area contributed by atoms with E-state index in [9.17, 15) is 15.2 Å². The Morgan fingerprint density at radius 1 is 1.31 bits per heavy atom. The van der Waals surface area contributed by atoms with Gasteiger partial charge in [0.25, 0.3) is 5.56 Å². The fourth-order valence-electron chi connectivity index (χ4n) is 2.41. The number of benzene rings is 1. The molecule has 7 nitrogen and oxygen atoms in total. The summed E-state index contributed by atoms with van der Waals surface area (Å²) in [6.45, 7) is 1.53. The molecule has 0 saturated carbocycles. The predicted molar refractivity (Wildman–Crippen MR) is 97.9 cm³/mol. The summed E-state index contributed by atoms with van der Waals surface area (Å²) < 4.78 is 7.09. The number of hydrogen-bond acceptors (Lipinski definition) is 6. The van der Waals surface area contributed by atoms with E-state index < -0.39 is 11.4 Å². The third kappa shape index (κ3) is 3.43. The van der Waals surface area contributed by atoms with Gasteiger partial charge in [0.05, 0.1) is 18.5 Å². The Kier molecular flexibility index (Phi) is 5.00. The molecule has 3 rings (SSSR count). The molecule has 26 heavy (non-hydrogen) atoms. The van der Waals surface area contributed by atoms with Crippen molar-refractivity contribution in [1.29, 1.82) is 5.26 Å².